The largest absolute Gasteiger partial charge is 0.355 e. The Bertz CT molecular complexity index is 1030. The third-order valence-corrected chi connectivity index (χ3v) is 5.28. The molecule has 1 aromatic carbocycles. The second-order valence-corrected chi connectivity index (χ2v) is 9.00. The number of halogens is 1. The number of nitrogens with zero attached hydrogens (tertiary/aromatic N) is 1. The van der Waals surface area contributed by atoms with E-state index in [0.29, 0.717) is 20.8 Å². The van der Waals surface area contributed by atoms with E-state index in [0.717, 1.165) is 12.0 Å². The van der Waals surface area contributed by atoms with Crippen molar-refractivity contribution in [2.24, 2.45) is 5.41 Å². The molecule has 5 nitrogen and oxygen atoms in total. The Morgan fingerprint density at radius 3 is 2.43 bits per heavy atom. The van der Waals surface area contributed by atoms with Crippen LogP contribution in [0.5, 0.6) is 0 Å². The average Bonchev–Trinajstić information content (AvgIpc) is 2.90. The Hall–Kier alpha value is -2.18. The van der Waals surface area contributed by atoms with Gasteiger partial charge in [-0.1, -0.05) is 51.4 Å². The van der Waals surface area contributed by atoms with Gasteiger partial charge in [-0.3, -0.25) is 19.0 Å². The Kier molecular flexibility index (Phi) is 7.38. The van der Waals surface area contributed by atoms with E-state index in [2.05, 4.69) is 5.32 Å². The van der Waals surface area contributed by atoms with Crippen molar-refractivity contribution >= 4 is 46.8 Å². The first-order valence-corrected chi connectivity index (χ1v) is 10.3. The first kappa shape index (κ1) is 22.1. The number of benzene rings is 1. The van der Waals surface area contributed by atoms with Crippen LogP contribution in [0.15, 0.2) is 29.1 Å². The fourth-order valence-corrected chi connectivity index (χ4v) is 3.46. The number of hydrogen-bond acceptors (Lipinski definition) is 4. The summed E-state index contributed by atoms with van der Waals surface area (Å²) in [7, 11) is 0. The Morgan fingerprint density at radius 2 is 1.86 bits per heavy atom. The molecule has 2 aromatic rings. The third kappa shape index (κ3) is 5.91. The molecule has 0 atom stereocenters. The molecule has 0 spiro atoms. The number of thiazole rings is 1. The molecular formula is C21H25ClN2O3S. The van der Waals surface area contributed by atoms with Gasteiger partial charge in [-0.25, -0.2) is 0 Å². The maximum atomic E-state index is 12.9. The predicted octanol–water partition coefficient (Wildman–Crippen LogP) is 2.31. The summed E-state index contributed by atoms with van der Waals surface area (Å²) in [5.74, 6) is -0.354. The van der Waals surface area contributed by atoms with E-state index in [4.69, 9.17) is 11.6 Å². The lowest BCUT2D eigenvalue weighted by atomic mass is 9.91. The number of aromatic nitrogens is 1. The van der Waals surface area contributed by atoms with E-state index >= 15 is 0 Å². The van der Waals surface area contributed by atoms with Gasteiger partial charge in [0.25, 0.3) is 5.56 Å². The first-order valence-electron chi connectivity index (χ1n) is 9.11. The molecule has 1 heterocycles. The highest BCUT2D eigenvalue weighted by Gasteiger charge is 2.20. The highest BCUT2D eigenvalue weighted by molar-refractivity contribution is 7.07. The summed E-state index contributed by atoms with van der Waals surface area (Å²) in [5, 5.41) is 3.38. The standard InChI is InChI=1S/C21H25ClN2O3S/c1-5-10-23-18(26)13-24-19(12-17(25)21(2,3)4)28-16(20(24)27)11-14-6-8-15(22)9-7-14/h6-9,11-12H,5,10,13H2,1-4H3,(H,23,26). The van der Waals surface area contributed by atoms with Crippen LogP contribution in [-0.4, -0.2) is 22.8 Å². The number of carbonyl (C=O) groups excluding carboxylic acids is 2. The molecule has 0 unspecified atom stereocenters. The number of carbonyl (C=O) groups is 2. The summed E-state index contributed by atoms with van der Waals surface area (Å²) in [4.78, 5) is 37.6. The van der Waals surface area contributed by atoms with Crippen molar-refractivity contribution in [3.8, 4) is 0 Å². The van der Waals surface area contributed by atoms with E-state index in [1.807, 2.05) is 39.8 Å². The van der Waals surface area contributed by atoms with Gasteiger partial charge in [-0.2, -0.15) is 0 Å². The van der Waals surface area contributed by atoms with E-state index in [1.165, 1.54) is 22.0 Å². The molecule has 0 radical (unpaired) electrons. The van der Waals surface area contributed by atoms with Crippen LogP contribution in [0.3, 0.4) is 0 Å². The molecule has 28 heavy (non-hydrogen) atoms. The average molecular weight is 421 g/mol. The molecule has 1 amide bonds. The van der Waals surface area contributed by atoms with Gasteiger partial charge in [0.1, 0.15) is 11.2 Å². The topological polar surface area (TPSA) is 68.2 Å². The minimum absolute atomic E-state index is 0.102. The van der Waals surface area contributed by atoms with Crippen molar-refractivity contribution in [2.45, 2.75) is 40.7 Å². The monoisotopic (exact) mass is 420 g/mol. The van der Waals surface area contributed by atoms with Crippen molar-refractivity contribution in [1.29, 1.82) is 0 Å². The quantitative estimate of drug-likeness (QED) is 0.779. The van der Waals surface area contributed by atoms with E-state index in [1.54, 1.807) is 18.2 Å². The second kappa shape index (κ2) is 9.34. The second-order valence-electron chi connectivity index (χ2n) is 7.50. The van der Waals surface area contributed by atoms with Crippen LogP contribution in [0, 0.1) is 5.41 Å². The molecule has 1 aromatic heterocycles. The normalized spacial score (nSPS) is 13.0. The van der Waals surface area contributed by atoms with Gasteiger partial charge in [-0.05, 0) is 30.2 Å². The molecule has 0 saturated carbocycles. The number of amides is 1. The summed E-state index contributed by atoms with van der Waals surface area (Å²) < 4.78 is 2.29. The molecule has 0 aliphatic heterocycles. The van der Waals surface area contributed by atoms with Crippen LogP contribution in [0.2, 0.25) is 5.02 Å². The maximum Gasteiger partial charge on any atom is 0.269 e. The lowest BCUT2D eigenvalue weighted by Gasteiger charge is -2.12. The molecule has 0 aliphatic rings. The Balaban J connectivity index is 2.57. The van der Waals surface area contributed by atoms with Crippen LogP contribution in [0.25, 0.3) is 12.2 Å². The first-order chi connectivity index (χ1) is 13.1. The molecule has 1 N–H and O–H groups in total. The summed E-state index contributed by atoms with van der Waals surface area (Å²) in [6.07, 6.45) is 4.00. The number of ketones is 1. The lowest BCUT2D eigenvalue weighted by molar-refractivity contribution is -0.122. The van der Waals surface area contributed by atoms with Gasteiger partial charge in [0.15, 0.2) is 5.78 Å². The molecule has 0 bridgehead atoms. The number of rotatable bonds is 6. The highest BCUT2D eigenvalue weighted by Crippen LogP contribution is 2.15. The number of nitrogens with one attached hydrogen (secondary N) is 1. The van der Waals surface area contributed by atoms with Gasteiger partial charge in [0.05, 0.1) is 4.53 Å². The summed E-state index contributed by atoms with van der Waals surface area (Å²) in [5.41, 5.74) is -0.0475. The van der Waals surface area contributed by atoms with Gasteiger partial charge in [0.2, 0.25) is 5.91 Å². The third-order valence-electron chi connectivity index (χ3n) is 3.97. The summed E-state index contributed by atoms with van der Waals surface area (Å²) in [6.45, 7) is 7.83. The van der Waals surface area contributed by atoms with Crippen LogP contribution in [-0.2, 0) is 16.1 Å². The molecule has 7 heteroatoms. The molecule has 0 saturated heterocycles. The molecule has 0 fully saturated rings. The fourth-order valence-electron chi connectivity index (χ4n) is 2.30. The van der Waals surface area contributed by atoms with Gasteiger partial charge < -0.3 is 5.32 Å². The number of Topliss-reactive ketones (excluding diaryl/α,β-unsaturated/α-hetero) is 1. The van der Waals surface area contributed by atoms with Crippen molar-refractivity contribution in [1.82, 2.24) is 9.88 Å². The predicted molar refractivity (Wildman–Crippen MR) is 115 cm³/mol. The van der Waals surface area contributed by atoms with Crippen LogP contribution >= 0.6 is 22.9 Å². The molecule has 2 rings (SSSR count). The van der Waals surface area contributed by atoms with Crippen molar-refractivity contribution < 1.29 is 9.59 Å². The fraction of sp³-hybridized carbons (Fsp3) is 0.381. The maximum absolute atomic E-state index is 12.9. The SMILES string of the molecule is CCCNC(=O)Cn1c(=CC(=O)C(C)(C)C)sc(=Cc2ccc(Cl)cc2)c1=O. The molecule has 0 aliphatic carbocycles. The Labute approximate surface area is 173 Å². The zero-order valence-corrected chi connectivity index (χ0v) is 18.1. The summed E-state index contributed by atoms with van der Waals surface area (Å²) >= 11 is 7.11. The molecular weight excluding hydrogens is 396 g/mol. The highest BCUT2D eigenvalue weighted by atomic mass is 35.5. The smallest absolute Gasteiger partial charge is 0.269 e. The van der Waals surface area contributed by atoms with Gasteiger partial charge >= 0.3 is 0 Å². The van der Waals surface area contributed by atoms with Crippen LogP contribution in [0.4, 0.5) is 0 Å². The van der Waals surface area contributed by atoms with E-state index in [-0.39, 0.29) is 23.8 Å². The van der Waals surface area contributed by atoms with Crippen LogP contribution in [0.1, 0.15) is 39.7 Å². The van der Waals surface area contributed by atoms with Crippen molar-refractivity contribution in [3.63, 3.8) is 0 Å². The lowest BCUT2D eigenvalue weighted by Crippen LogP contribution is -2.38. The van der Waals surface area contributed by atoms with Crippen molar-refractivity contribution in [3.05, 3.63) is 54.4 Å². The Morgan fingerprint density at radius 1 is 1.21 bits per heavy atom. The van der Waals surface area contributed by atoms with E-state index < -0.39 is 5.41 Å². The van der Waals surface area contributed by atoms with Gasteiger partial charge in [0, 0.05) is 23.1 Å². The number of hydrogen-bond donors (Lipinski definition) is 1. The zero-order chi connectivity index (χ0) is 20.9. The van der Waals surface area contributed by atoms with Crippen LogP contribution < -0.4 is 20.1 Å². The van der Waals surface area contributed by atoms with E-state index in [9.17, 15) is 14.4 Å². The minimum Gasteiger partial charge on any atom is -0.355 e. The zero-order valence-electron chi connectivity index (χ0n) is 16.5. The molecule has 150 valence electrons. The van der Waals surface area contributed by atoms with Crippen molar-refractivity contribution in [2.75, 3.05) is 6.54 Å². The summed E-state index contributed by atoms with van der Waals surface area (Å²) in [6, 6.07) is 7.11. The van der Waals surface area contributed by atoms with Gasteiger partial charge in [-0.15, -0.1) is 11.3 Å². The minimum atomic E-state index is -0.574.